The molecule has 5 N–H and O–H groups in total. The van der Waals surface area contributed by atoms with E-state index in [1.807, 2.05) is 36.4 Å². The normalized spacial score (nSPS) is 14.5. The lowest BCUT2D eigenvalue weighted by Gasteiger charge is -2.33. The highest BCUT2D eigenvalue weighted by atomic mass is 16.1. The summed E-state index contributed by atoms with van der Waals surface area (Å²) in [5, 5.41) is 23.6. The lowest BCUT2D eigenvalue weighted by molar-refractivity contribution is -0.113. The van der Waals surface area contributed by atoms with Crippen LogP contribution in [0.4, 0.5) is 5.69 Å². The molecule has 0 spiro atoms. The number of fused-ring (bicyclic) bond motifs is 2. The molecule has 0 unspecified atom stereocenters. The summed E-state index contributed by atoms with van der Waals surface area (Å²) in [6.07, 6.45) is 0. The number of aromatic amines is 2. The third-order valence-corrected chi connectivity index (χ3v) is 5.64. The zero-order chi connectivity index (χ0) is 22.4. The van der Waals surface area contributed by atoms with Crippen molar-refractivity contribution < 1.29 is 4.79 Å². The SMILES string of the molecule is CC1=C(C(=O)Nc2ccc3[nH]nc(-c4nc5ccccc5[nH]4)c3c2)CN(N=N)C(=N)N1C. The Morgan fingerprint density at radius 3 is 2.81 bits per heavy atom. The van der Waals surface area contributed by atoms with Gasteiger partial charge in [-0.15, -0.1) is 0 Å². The molecule has 0 radical (unpaired) electrons. The molecule has 11 heteroatoms. The molecule has 0 saturated heterocycles. The zero-order valence-electron chi connectivity index (χ0n) is 17.4. The number of anilines is 1. The minimum Gasteiger partial charge on any atom is -0.337 e. The third-order valence-electron chi connectivity index (χ3n) is 5.64. The number of guanidine groups is 1. The Balaban J connectivity index is 1.48. The van der Waals surface area contributed by atoms with Crippen LogP contribution in [0, 0.1) is 10.9 Å². The molecule has 1 aliphatic rings. The highest BCUT2D eigenvalue weighted by Crippen LogP contribution is 2.29. The Morgan fingerprint density at radius 2 is 2.03 bits per heavy atom. The van der Waals surface area contributed by atoms with E-state index in [4.69, 9.17) is 10.9 Å². The summed E-state index contributed by atoms with van der Waals surface area (Å²) in [6.45, 7) is 1.83. The first-order valence-corrected chi connectivity index (χ1v) is 9.88. The van der Waals surface area contributed by atoms with E-state index in [9.17, 15) is 4.79 Å². The molecule has 5 rings (SSSR count). The number of nitrogens with one attached hydrogen (secondary N) is 5. The molecule has 1 aliphatic heterocycles. The predicted octanol–water partition coefficient (Wildman–Crippen LogP) is 3.45. The fraction of sp³-hybridized carbons (Fsp3) is 0.143. The minimum absolute atomic E-state index is 0.0457. The molecule has 0 bridgehead atoms. The molecular weight excluding hydrogens is 408 g/mol. The monoisotopic (exact) mass is 428 g/mol. The van der Waals surface area contributed by atoms with Gasteiger partial charge >= 0.3 is 0 Å². The predicted molar refractivity (Wildman–Crippen MR) is 120 cm³/mol. The molecule has 160 valence electrons. The minimum atomic E-state index is -0.316. The van der Waals surface area contributed by atoms with Gasteiger partial charge in [-0.1, -0.05) is 17.4 Å². The van der Waals surface area contributed by atoms with Gasteiger partial charge in [-0.2, -0.15) is 10.6 Å². The summed E-state index contributed by atoms with van der Waals surface area (Å²) >= 11 is 0. The number of para-hydroxylation sites is 2. The van der Waals surface area contributed by atoms with Gasteiger partial charge in [0.25, 0.3) is 5.91 Å². The van der Waals surface area contributed by atoms with Gasteiger partial charge in [0.2, 0.25) is 5.96 Å². The number of rotatable bonds is 4. The number of imidazole rings is 1. The number of hydrogen-bond acceptors (Lipinski definition) is 6. The molecule has 0 fully saturated rings. The van der Waals surface area contributed by atoms with Crippen molar-refractivity contribution in [3.8, 4) is 11.5 Å². The van der Waals surface area contributed by atoms with E-state index in [-0.39, 0.29) is 18.4 Å². The maximum Gasteiger partial charge on any atom is 0.255 e. The molecule has 3 heterocycles. The van der Waals surface area contributed by atoms with Crippen LogP contribution >= 0.6 is 0 Å². The summed E-state index contributed by atoms with van der Waals surface area (Å²) in [4.78, 5) is 22.4. The maximum atomic E-state index is 13.0. The van der Waals surface area contributed by atoms with Crippen LogP contribution in [0.15, 0.2) is 59.0 Å². The Kier molecular flexibility index (Phi) is 4.43. The van der Waals surface area contributed by atoms with Crippen LogP contribution in [0.5, 0.6) is 0 Å². The van der Waals surface area contributed by atoms with Gasteiger partial charge in [-0.3, -0.25) is 15.3 Å². The van der Waals surface area contributed by atoms with E-state index in [0.717, 1.165) is 26.9 Å². The van der Waals surface area contributed by atoms with Gasteiger partial charge in [-0.05, 0) is 37.3 Å². The summed E-state index contributed by atoms with van der Waals surface area (Å²) in [6, 6.07) is 13.2. The average molecular weight is 428 g/mol. The van der Waals surface area contributed by atoms with E-state index in [1.54, 1.807) is 20.0 Å². The Hall–Kier alpha value is -4.54. The number of carbonyl (C=O) groups excluding carboxylic acids is 1. The lowest BCUT2D eigenvalue weighted by Crippen LogP contribution is -2.45. The standard InChI is InChI=1S/C21H20N10O/c1-11-14(10-31(29-23)21(22)30(11)2)20(32)24-12-7-8-15-13(9-12)18(28-27-15)19-25-16-5-3-4-6-17(16)26-19/h3-9,22-23H,10H2,1-2H3,(H,24,32)(H,25,26)(H,27,28). The van der Waals surface area contributed by atoms with Gasteiger partial charge in [0.15, 0.2) is 5.82 Å². The number of nitrogens with zero attached hydrogens (tertiary/aromatic N) is 5. The van der Waals surface area contributed by atoms with Crippen molar-refractivity contribution in [2.75, 3.05) is 18.9 Å². The Labute approximate surface area is 182 Å². The molecule has 0 aliphatic carbocycles. The van der Waals surface area contributed by atoms with Crippen molar-refractivity contribution in [1.29, 1.82) is 10.9 Å². The van der Waals surface area contributed by atoms with Crippen molar-refractivity contribution in [2.45, 2.75) is 6.92 Å². The molecule has 1 amide bonds. The molecular formula is C21H20N10O. The summed E-state index contributed by atoms with van der Waals surface area (Å²) in [7, 11) is 1.67. The number of H-pyrrole nitrogens is 2. The van der Waals surface area contributed by atoms with Gasteiger partial charge in [0.1, 0.15) is 5.69 Å². The van der Waals surface area contributed by atoms with Crippen molar-refractivity contribution in [2.24, 2.45) is 5.22 Å². The van der Waals surface area contributed by atoms with Crippen molar-refractivity contribution in [3.05, 3.63) is 53.7 Å². The quantitative estimate of drug-likeness (QED) is 0.315. The third kappa shape index (κ3) is 3.07. The topological polar surface area (TPSA) is 153 Å². The zero-order valence-corrected chi connectivity index (χ0v) is 17.4. The molecule has 0 saturated carbocycles. The van der Waals surface area contributed by atoms with Crippen LogP contribution in [0.25, 0.3) is 33.5 Å². The second-order valence-corrected chi connectivity index (χ2v) is 7.49. The molecule has 2 aromatic heterocycles. The summed E-state index contributed by atoms with van der Waals surface area (Å²) in [5.74, 6) is 0.368. The maximum absolute atomic E-state index is 13.0. The number of allylic oxidation sites excluding steroid dienone is 1. The first-order chi connectivity index (χ1) is 15.5. The van der Waals surface area contributed by atoms with Gasteiger partial charge in [0, 0.05) is 23.8 Å². The molecule has 4 aromatic rings. The van der Waals surface area contributed by atoms with Gasteiger partial charge < -0.3 is 15.2 Å². The fourth-order valence-electron chi connectivity index (χ4n) is 3.74. The Bertz CT molecular complexity index is 1400. The number of aromatic nitrogens is 4. The van der Waals surface area contributed by atoms with Crippen molar-refractivity contribution >= 4 is 39.5 Å². The highest BCUT2D eigenvalue weighted by molar-refractivity contribution is 6.07. The Morgan fingerprint density at radius 1 is 1.22 bits per heavy atom. The van der Waals surface area contributed by atoms with E-state index < -0.39 is 0 Å². The molecule has 32 heavy (non-hydrogen) atoms. The van der Waals surface area contributed by atoms with Crippen LogP contribution in [0.3, 0.4) is 0 Å². The van der Waals surface area contributed by atoms with Crippen LogP contribution in [0.2, 0.25) is 0 Å². The van der Waals surface area contributed by atoms with Crippen molar-refractivity contribution in [1.82, 2.24) is 30.1 Å². The van der Waals surface area contributed by atoms with Crippen LogP contribution in [-0.2, 0) is 4.79 Å². The molecule has 11 nitrogen and oxygen atoms in total. The lowest BCUT2D eigenvalue weighted by atomic mass is 10.1. The molecule has 0 atom stereocenters. The summed E-state index contributed by atoms with van der Waals surface area (Å²) < 4.78 is 0. The largest absolute Gasteiger partial charge is 0.337 e. The van der Waals surface area contributed by atoms with Gasteiger partial charge in [-0.25, -0.2) is 9.99 Å². The number of carbonyl (C=O) groups is 1. The van der Waals surface area contributed by atoms with Crippen LogP contribution < -0.4 is 5.32 Å². The smallest absolute Gasteiger partial charge is 0.255 e. The van der Waals surface area contributed by atoms with Gasteiger partial charge in [0.05, 0.1) is 28.7 Å². The number of hydrogen-bond donors (Lipinski definition) is 5. The van der Waals surface area contributed by atoms with E-state index in [0.29, 0.717) is 28.5 Å². The van der Waals surface area contributed by atoms with E-state index in [1.165, 1.54) is 4.90 Å². The van der Waals surface area contributed by atoms with Crippen LogP contribution in [0.1, 0.15) is 6.92 Å². The second kappa shape index (κ2) is 7.30. The fourth-order valence-corrected chi connectivity index (χ4v) is 3.74. The van der Waals surface area contributed by atoms with E-state index in [2.05, 4.69) is 30.7 Å². The van der Waals surface area contributed by atoms with Crippen molar-refractivity contribution in [3.63, 3.8) is 0 Å². The van der Waals surface area contributed by atoms with Crippen LogP contribution in [-0.4, -0.2) is 55.5 Å². The highest BCUT2D eigenvalue weighted by Gasteiger charge is 2.29. The first kappa shape index (κ1) is 19.4. The average Bonchev–Trinajstić information content (AvgIpc) is 3.41. The first-order valence-electron chi connectivity index (χ1n) is 9.88. The van der Waals surface area contributed by atoms with E-state index >= 15 is 0 Å². The number of amides is 1. The molecule has 2 aromatic carbocycles. The number of benzene rings is 2. The second-order valence-electron chi connectivity index (χ2n) is 7.49. The summed E-state index contributed by atoms with van der Waals surface area (Å²) in [5.41, 5.74) is 12.2.